The van der Waals surface area contributed by atoms with E-state index < -0.39 is 5.41 Å². The van der Waals surface area contributed by atoms with Gasteiger partial charge in [-0.25, -0.2) is 0 Å². The first-order valence-corrected chi connectivity index (χ1v) is 9.03. The number of hydrogen-bond acceptors (Lipinski definition) is 4. The molecule has 0 aliphatic heterocycles. The largest absolute Gasteiger partial charge is 0.494 e. The molecule has 0 aliphatic carbocycles. The lowest BCUT2D eigenvalue weighted by Gasteiger charge is -2.19. The van der Waals surface area contributed by atoms with Gasteiger partial charge in [-0.15, -0.1) is 11.3 Å². The van der Waals surface area contributed by atoms with Crippen molar-refractivity contribution in [2.24, 2.45) is 5.41 Å². The molecule has 136 valence electrons. The highest BCUT2D eigenvalue weighted by molar-refractivity contribution is 7.17. The lowest BCUT2D eigenvalue weighted by atomic mass is 9.95. The number of methoxy groups -OCH3 is 1. The van der Waals surface area contributed by atoms with E-state index >= 15 is 0 Å². The van der Waals surface area contributed by atoms with E-state index in [-0.39, 0.29) is 11.8 Å². The summed E-state index contributed by atoms with van der Waals surface area (Å²) in [4.78, 5) is 27.7. The lowest BCUT2D eigenvalue weighted by molar-refractivity contribution is -0.123. The lowest BCUT2D eigenvalue weighted by Crippen LogP contribution is -2.27. The summed E-state index contributed by atoms with van der Waals surface area (Å²) < 4.78 is 6.39. The predicted molar refractivity (Wildman–Crippen MR) is 105 cm³/mol. The zero-order chi connectivity index (χ0) is 18.9. The van der Waals surface area contributed by atoms with Crippen LogP contribution in [0.1, 0.15) is 31.3 Å². The topological polar surface area (TPSA) is 83.2 Å². The second kappa shape index (κ2) is 6.84. The number of H-pyrrole nitrogens is 1. The maximum atomic E-state index is 12.4. The van der Waals surface area contributed by atoms with Gasteiger partial charge in [0, 0.05) is 17.2 Å². The smallest absolute Gasteiger partial charge is 0.272 e. The van der Waals surface area contributed by atoms with Gasteiger partial charge in [-0.05, 0) is 29.6 Å². The van der Waals surface area contributed by atoms with Gasteiger partial charge in [0.05, 0.1) is 23.0 Å². The number of anilines is 2. The van der Waals surface area contributed by atoms with Gasteiger partial charge in [0.2, 0.25) is 5.91 Å². The molecule has 0 radical (unpaired) electrons. The Labute approximate surface area is 155 Å². The van der Waals surface area contributed by atoms with Crippen molar-refractivity contribution in [2.45, 2.75) is 20.8 Å². The van der Waals surface area contributed by atoms with Gasteiger partial charge in [-0.3, -0.25) is 9.59 Å². The number of aromatic nitrogens is 1. The molecule has 0 aliphatic rings. The Kier molecular flexibility index (Phi) is 4.73. The molecule has 0 bridgehead atoms. The molecule has 2 aromatic heterocycles. The molecule has 2 heterocycles. The summed E-state index contributed by atoms with van der Waals surface area (Å²) in [5, 5.41) is 7.65. The maximum Gasteiger partial charge on any atom is 0.272 e. The number of fused-ring (bicyclic) bond motifs is 1. The molecule has 0 saturated carbocycles. The Morgan fingerprint density at radius 1 is 1.12 bits per heavy atom. The van der Waals surface area contributed by atoms with E-state index in [4.69, 9.17) is 4.74 Å². The molecule has 0 fully saturated rings. The first kappa shape index (κ1) is 18.0. The normalized spacial score (nSPS) is 11.4. The van der Waals surface area contributed by atoms with Gasteiger partial charge in [0.25, 0.3) is 5.91 Å². The number of amides is 2. The summed E-state index contributed by atoms with van der Waals surface area (Å²) >= 11 is 1.58. The molecule has 0 atom stereocenters. The van der Waals surface area contributed by atoms with E-state index in [2.05, 4.69) is 15.6 Å². The zero-order valence-electron chi connectivity index (χ0n) is 15.1. The van der Waals surface area contributed by atoms with Gasteiger partial charge in [0.15, 0.2) is 0 Å². The van der Waals surface area contributed by atoms with E-state index in [0.717, 1.165) is 10.2 Å². The average Bonchev–Trinajstić information content (AvgIpc) is 3.16. The number of aromatic amines is 1. The highest BCUT2D eigenvalue weighted by Gasteiger charge is 2.22. The van der Waals surface area contributed by atoms with Crippen LogP contribution in [0.2, 0.25) is 0 Å². The van der Waals surface area contributed by atoms with Crippen LogP contribution in [0.15, 0.2) is 35.7 Å². The van der Waals surface area contributed by atoms with Crippen LogP contribution >= 0.6 is 11.3 Å². The van der Waals surface area contributed by atoms with Crippen LogP contribution in [-0.2, 0) is 4.79 Å². The van der Waals surface area contributed by atoms with Crippen LogP contribution in [0.4, 0.5) is 11.4 Å². The van der Waals surface area contributed by atoms with Gasteiger partial charge in [0.1, 0.15) is 11.4 Å². The van der Waals surface area contributed by atoms with Crippen LogP contribution in [0, 0.1) is 5.41 Å². The highest BCUT2D eigenvalue weighted by atomic mass is 32.1. The number of benzene rings is 1. The number of carbonyl (C=O) groups excluding carboxylic acids is 2. The van der Waals surface area contributed by atoms with Crippen molar-refractivity contribution in [2.75, 3.05) is 17.7 Å². The van der Waals surface area contributed by atoms with Crippen molar-refractivity contribution in [1.82, 2.24) is 4.98 Å². The van der Waals surface area contributed by atoms with Gasteiger partial charge in [-0.2, -0.15) is 0 Å². The van der Waals surface area contributed by atoms with Crippen LogP contribution in [0.25, 0.3) is 10.2 Å². The van der Waals surface area contributed by atoms with Crippen LogP contribution in [0.5, 0.6) is 5.75 Å². The quantitative estimate of drug-likeness (QED) is 0.632. The maximum absolute atomic E-state index is 12.4. The van der Waals surface area contributed by atoms with Gasteiger partial charge in [-0.1, -0.05) is 20.8 Å². The van der Waals surface area contributed by atoms with Crippen molar-refractivity contribution in [3.05, 3.63) is 41.4 Å². The molecule has 26 heavy (non-hydrogen) atoms. The second-order valence-electron chi connectivity index (χ2n) is 6.95. The molecular formula is C19H21N3O3S. The fraction of sp³-hybridized carbons (Fsp3) is 0.263. The van der Waals surface area contributed by atoms with E-state index in [1.807, 2.05) is 38.3 Å². The Morgan fingerprint density at radius 3 is 2.54 bits per heavy atom. The monoisotopic (exact) mass is 371 g/mol. The summed E-state index contributed by atoms with van der Waals surface area (Å²) in [5.41, 5.74) is 2.07. The number of hydrogen-bond donors (Lipinski definition) is 3. The number of rotatable bonds is 4. The second-order valence-corrected chi connectivity index (χ2v) is 7.90. The minimum Gasteiger partial charge on any atom is -0.494 e. The van der Waals surface area contributed by atoms with Gasteiger partial charge < -0.3 is 20.4 Å². The van der Waals surface area contributed by atoms with Crippen LogP contribution in [0.3, 0.4) is 0 Å². The van der Waals surface area contributed by atoms with Crippen molar-refractivity contribution in [1.29, 1.82) is 0 Å². The van der Waals surface area contributed by atoms with Crippen molar-refractivity contribution >= 4 is 44.7 Å². The number of ether oxygens (including phenoxy) is 1. The average molecular weight is 371 g/mol. The molecule has 0 saturated heterocycles. The minimum atomic E-state index is -0.516. The number of thiophene rings is 1. The highest BCUT2D eigenvalue weighted by Crippen LogP contribution is 2.30. The third-order valence-corrected chi connectivity index (χ3v) is 4.74. The first-order chi connectivity index (χ1) is 12.3. The van der Waals surface area contributed by atoms with E-state index in [1.165, 1.54) is 7.11 Å². The molecule has 2 amide bonds. The van der Waals surface area contributed by atoms with Crippen molar-refractivity contribution in [3.63, 3.8) is 0 Å². The molecule has 3 rings (SSSR count). The minimum absolute atomic E-state index is 0.112. The van der Waals surface area contributed by atoms with Crippen LogP contribution in [-0.4, -0.2) is 23.9 Å². The van der Waals surface area contributed by atoms with E-state index in [0.29, 0.717) is 22.8 Å². The Bertz CT molecular complexity index is 937. The third kappa shape index (κ3) is 3.72. The molecular weight excluding hydrogens is 350 g/mol. The molecule has 1 aromatic carbocycles. The number of carbonyl (C=O) groups is 2. The van der Waals surface area contributed by atoms with Crippen molar-refractivity contribution < 1.29 is 14.3 Å². The SMILES string of the molecule is COc1cc(NC(=O)c2cc3sccc3[nH]2)ccc1NC(=O)C(C)(C)C. The van der Waals surface area contributed by atoms with E-state index in [1.54, 1.807) is 29.5 Å². The molecule has 7 heteroatoms. The molecule has 0 unspecified atom stereocenters. The summed E-state index contributed by atoms with van der Waals surface area (Å²) in [6.45, 7) is 5.51. The third-order valence-electron chi connectivity index (χ3n) is 3.87. The Balaban J connectivity index is 1.77. The summed E-state index contributed by atoms with van der Waals surface area (Å²) in [6, 6.07) is 8.88. The van der Waals surface area contributed by atoms with E-state index in [9.17, 15) is 9.59 Å². The molecule has 3 aromatic rings. The molecule has 6 nitrogen and oxygen atoms in total. The fourth-order valence-electron chi connectivity index (χ4n) is 2.35. The zero-order valence-corrected chi connectivity index (χ0v) is 15.9. The predicted octanol–water partition coefficient (Wildman–Crippen LogP) is 4.47. The number of nitrogens with one attached hydrogen (secondary N) is 3. The Hall–Kier alpha value is -2.80. The van der Waals surface area contributed by atoms with Crippen LogP contribution < -0.4 is 15.4 Å². The summed E-state index contributed by atoms with van der Waals surface area (Å²) in [6.07, 6.45) is 0. The molecule has 0 spiro atoms. The van der Waals surface area contributed by atoms with Gasteiger partial charge >= 0.3 is 0 Å². The summed E-state index contributed by atoms with van der Waals surface area (Å²) in [5.74, 6) is 0.133. The standard InChI is InChI=1S/C19H21N3O3S/c1-19(2,3)18(24)22-12-6-5-11(9-15(12)25-4)20-17(23)14-10-16-13(21-14)7-8-26-16/h5-10,21H,1-4H3,(H,20,23)(H,22,24). The first-order valence-electron chi connectivity index (χ1n) is 8.15. The van der Waals surface area contributed by atoms with Crippen molar-refractivity contribution in [3.8, 4) is 5.75 Å². The summed E-state index contributed by atoms with van der Waals surface area (Å²) in [7, 11) is 1.52. The molecule has 3 N–H and O–H groups in total. The Morgan fingerprint density at radius 2 is 1.88 bits per heavy atom. The fourth-order valence-corrected chi connectivity index (χ4v) is 3.13.